The van der Waals surface area contributed by atoms with Crippen molar-refractivity contribution in [3.8, 4) is 0 Å². The lowest BCUT2D eigenvalue weighted by atomic mass is 9.79. The summed E-state index contributed by atoms with van der Waals surface area (Å²) in [4.78, 5) is 12.2. The molecule has 1 heterocycles. The minimum Gasteiger partial charge on any atom is -0.399 e. The minimum absolute atomic E-state index is 0.0549. The Bertz CT molecular complexity index is 689. The number of benzene rings is 1. The molecule has 1 fully saturated rings. The fourth-order valence-corrected chi connectivity index (χ4v) is 3.04. The monoisotopic (exact) mass is 363 g/mol. The fraction of sp³-hybridized carbons (Fsp3) is 0.526. The molecule has 3 unspecified atom stereocenters. The highest BCUT2D eigenvalue weighted by atomic mass is 19.1. The van der Waals surface area contributed by atoms with E-state index in [1.807, 2.05) is 27.7 Å². The minimum atomic E-state index is -1.61. The van der Waals surface area contributed by atoms with Crippen molar-refractivity contribution >= 4 is 24.2 Å². The number of hydrogen-bond donors (Lipinski definition) is 1. The second-order valence-corrected chi connectivity index (χ2v) is 7.85. The first kappa shape index (κ1) is 19.0. The van der Waals surface area contributed by atoms with E-state index in [1.54, 1.807) is 24.3 Å². The number of halogens is 2. The number of alkyl halides is 2. The van der Waals surface area contributed by atoms with Crippen molar-refractivity contribution in [1.29, 1.82) is 0 Å². The number of hydrogen-bond acceptors (Lipinski definition) is 3. The maximum Gasteiger partial charge on any atom is 0.494 e. The summed E-state index contributed by atoms with van der Waals surface area (Å²) >= 11 is 0. The van der Waals surface area contributed by atoms with Gasteiger partial charge in [-0.25, -0.2) is 8.78 Å². The molecule has 1 aliphatic carbocycles. The third-order valence-electron chi connectivity index (χ3n) is 5.42. The van der Waals surface area contributed by atoms with Crippen LogP contribution in [0.5, 0.6) is 0 Å². The van der Waals surface area contributed by atoms with Crippen molar-refractivity contribution in [2.24, 2.45) is 5.92 Å². The van der Waals surface area contributed by atoms with Gasteiger partial charge in [0, 0.05) is 5.69 Å². The average Bonchev–Trinajstić information content (AvgIpc) is 2.76. The van der Waals surface area contributed by atoms with Crippen LogP contribution in [-0.4, -0.2) is 36.6 Å². The average molecular weight is 363 g/mol. The SMILES string of the molecule is CC1(C)OB(c2ccc(NC(=O)C3C(F)C=CCC3F)cc2)OC1(C)C. The largest absolute Gasteiger partial charge is 0.494 e. The Morgan fingerprint density at radius 1 is 1.12 bits per heavy atom. The highest BCUT2D eigenvalue weighted by molar-refractivity contribution is 6.62. The van der Waals surface area contributed by atoms with E-state index in [1.165, 1.54) is 12.2 Å². The third kappa shape index (κ3) is 3.55. The van der Waals surface area contributed by atoms with Gasteiger partial charge >= 0.3 is 7.12 Å². The first-order valence-corrected chi connectivity index (χ1v) is 8.82. The maximum absolute atomic E-state index is 13.9. The highest BCUT2D eigenvalue weighted by Crippen LogP contribution is 2.36. The van der Waals surface area contributed by atoms with Crippen LogP contribution in [0, 0.1) is 5.92 Å². The molecule has 1 saturated heterocycles. The van der Waals surface area contributed by atoms with E-state index >= 15 is 0 Å². The Hall–Kier alpha value is -1.73. The Labute approximate surface area is 153 Å². The van der Waals surface area contributed by atoms with E-state index in [9.17, 15) is 13.6 Å². The van der Waals surface area contributed by atoms with Crippen LogP contribution in [0.4, 0.5) is 14.5 Å². The van der Waals surface area contributed by atoms with E-state index in [0.29, 0.717) is 5.69 Å². The van der Waals surface area contributed by atoms with Gasteiger partial charge in [0.05, 0.1) is 11.2 Å². The Morgan fingerprint density at radius 2 is 1.69 bits per heavy atom. The summed E-state index contributed by atoms with van der Waals surface area (Å²) < 4.78 is 39.7. The molecule has 2 aliphatic rings. The summed E-state index contributed by atoms with van der Waals surface area (Å²) in [6, 6.07) is 6.91. The van der Waals surface area contributed by atoms with Crippen molar-refractivity contribution in [3.05, 3.63) is 36.4 Å². The van der Waals surface area contributed by atoms with Crippen molar-refractivity contribution < 1.29 is 22.9 Å². The van der Waals surface area contributed by atoms with Gasteiger partial charge in [-0.3, -0.25) is 4.79 Å². The van der Waals surface area contributed by atoms with E-state index in [0.717, 1.165) is 5.46 Å². The topological polar surface area (TPSA) is 47.6 Å². The summed E-state index contributed by atoms with van der Waals surface area (Å²) in [6.45, 7) is 7.89. The van der Waals surface area contributed by atoms with E-state index in [-0.39, 0.29) is 6.42 Å². The molecule has 0 saturated carbocycles. The van der Waals surface area contributed by atoms with Crippen LogP contribution in [-0.2, 0) is 14.1 Å². The van der Waals surface area contributed by atoms with Crippen LogP contribution in [0.3, 0.4) is 0 Å². The second kappa shape index (κ2) is 6.78. The summed E-state index contributed by atoms with van der Waals surface area (Å²) in [5.74, 6) is -1.97. The Morgan fingerprint density at radius 3 is 2.23 bits per heavy atom. The van der Waals surface area contributed by atoms with Gasteiger partial charge in [0.2, 0.25) is 5.91 Å². The molecule has 1 aromatic rings. The van der Waals surface area contributed by atoms with Gasteiger partial charge in [-0.15, -0.1) is 0 Å². The molecule has 0 aromatic heterocycles. The molecule has 7 heteroatoms. The van der Waals surface area contributed by atoms with Crippen LogP contribution in [0.1, 0.15) is 34.1 Å². The number of anilines is 1. The normalized spacial score (nSPS) is 29.6. The van der Waals surface area contributed by atoms with Crippen molar-refractivity contribution in [3.63, 3.8) is 0 Å². The standard InChI is InChI=1S/C19H24BF2NO3/c1-18(2)19(3,4)26-20(25-18)12-8-10-13(11-9-12)23-17(24)16-14(21)6-5-7-15(16)22/h5-6,8-11,14-16H,7H2,1-4H3,(H,23,24). The maximum atomic E-state index is 13.9. The molecule has 1 aromatic carbocycles. The Kier molecular flexibility index (Phi) is 4.97. The Balaban J connectivity index is 1.67. The van der Waals surface area contributed by atoms with E-state index in [4.69, 9.17) is 9.31 Å². The number of nitrogens with one attached hydrogen (secondary N) is 1. The van der Waals surface area contributed by atoms with Gasteiger partial charge in [0.25, 0.3) is 0 Å². The van der Waals surface area contributed by atoms with Crippen LogP contribution in [0.25, 0.3) is 0 Å². The van der Waals surface area contributed by atoms with Gasteiger partial charge in [-0.1, -0.05) is 24.3 Å². The highest BCUT2D eigenvalue weighted by Gasteiger charge is 2.51. The van der Waals surface area contributed by atoms with Crippen LogP contribution < -0.4 is 10.8 Å². The summed E-state index contributed by atoms with van der Waals surface area (Å²) in [6.07, 6.45) is -0.402. The summed E-state index contributed by atoms with van der Waals surface area (Å²) in [7, 11) is -0.501. The molecule has 4 nitrogen and oxygen atoms in total. The van der Waals surface area contributed by atoms with Crippen LogP contribution in [0.15, 0.2) is 36.4 Å². The lowest BCUT2D eigenvalue weighted by Gasteiger charge is -2.32. The van der Waals surface area contributed by atoms with Gasteiger partial charge in [-0.2, -0.15) is 0 Å². The first-order valence-electron chi connectivity index (χ1n) is 8.82. The molecule has 1 amide bonds. The number of amides is 1. The quantitative estimate of drug-likeness (QED) is 0.663. The molecular weight excluding hydrogens is 339 g/mol. The zero-order valence-corrected chi connectivity index (χ0v) is 15.5. The second-order valence-electron chi connectivity index (χ2n) is 7.85. The summed E-state index contributed by atoms with van der Waals surface area (Å²) in [5.41, 5.74) is 0.412. The molecule has 26 heavy (non-hydrogen) atoms. The lowest BCUT2D eigenvalue weighted by Crippen LogP contribution is -2.41. The number of allylic oxidation sites excluding steroid dienone is 2. The predicted octanol–water partition coefficient (Wildman–Crippen LogP) is 3.18. The summed E-state index contributed by atoms with van der Waals surface area (Å²) in [5, 5.41) is 2.59. The van der Waals surface area contributed by atoms with Crippen LogP contribution >= 0.6 is 0 Å². The number of carbonyl (C=O) groups excluding carboxylic acids is 1. The first-order chi connectivity index (χ1) is 12.1. The third-order valence-corrected chi connectivity index (χ3v) is 5.42. The zero-order valence-electron chi connectivity index (χ0n) is 15.5. The number of rotatable bonds is 3. The molecule has 0 bridgehead atoms. The molecule has 0 spiro atoms. The van der Waals surface area contributed by atoms with E-state index < -0.39 is 42.5 Å². The molecule has 3 rings (SSSR count). The molecular formula is C19H24BF2NO3. The molecule has 140 valence electrons. The van der Waals surface area contributed by atoms with Gasteiger partial charge in [0.1, 0.15) is 18.3 Å². The van der Waals surface area contributed by atoms with Crippen molar-refractivity contribution in [2.75, 3.05) is 5.32 Å². The predicted molar refractivity (Wildman–Crippen MR) is 97.8 cm³/mol. The smallest absolute Gasteiger partial charge is 0.399 e. The molecule has 1 aliphatic heterocycles. The van der Waals surface area contributed by atoms with Crippen molar-refractivity contribution in [1.82, 2.24) is 0 Å². The zero-order chi connectivity index (χ0) is 19.1. The van der Waals surface area contributed by atoms with Crippen LogP contribution in [0.2, 0.25) is 0 Å². The molecule has 1 N–H and O–H groups in total. The van der Waals surface area contributed by atoms with Gasteiger partial charge in [-0.05, 0) is 51.7 Å². The fourth-order valence-electron chi connectivity index (χ4n) is 3.04. The molecule has 3 atom stereocenters. The number of carbonyl (C=O) groups is 1. The van der Waals surface area contributed by atoms with Gasteiger partial charge in [0.15, 0.2) is 0 Å². The van der Waals surface area contributed by atoms with Gasteiger partial charge < -0.3 is 14.6 Å². The van der Waals surface area contributed by atoms with Crippen molar-refractivity contribution in [2.45, 2.75) is 57.7 Å². The lowest BCUT2D eigenvalue weighted by molar-refractivity contribution is -0.123. The van der Waals surface area contributed by atoms with E-state index in [2.05, 4.69) is 5.32 Å². The molecule has 0 radical (unpaired) electrons.